The molecule has 0 unspecified atom stereocenters. The zero-order chi connectivity index (χ0) is 19.8. The second kappa shape index (κ2) is 6.88. The molecule has 1 fully saturated rings. The Bertz CT molecular complexity index is 976. The van der Waals surface area contributed by atoms with Gasteiger partial charge in [0.2, 0.25) is 0 Å². The van der Waals surface area contributed by atoms with E-state index in [1.807, 2.05) is 0 Å². The molecule has 0 spiro atoms. The minimum Gasteiger partial charge on any atom is -0.339 e. The molecule has 8 nitrogen and oxygen atoms in total. The molecule has 0 aromatic heterocycles. The minimum atomic E-state index is -0.630. The summed E-state index contributed by atoms with van der Waals surface area (Å²) in [6.45, 7) is 1.17. The van der Waals surface area contributed by atoms with Crippen LogP contribution in [0.3, 0.4) is 0 Å². The highest BCUT2D eigenvalue weighted by Crippen LogP contribution is 2.32. The van der Waals surface area contributed by atoms with Crippen LogP contribution < -0.4 is 4.90 Å². The van der Waals surface area contributed by atoms with Gasteiger partial charge in [0.05, 0.1) is 21.7 Å². The van der Waals surface area contributed by atoms with Crippen molar-refractivity contribution < 1.29 is 19.3 Å². The number of anilines is 1. The number of fused-ring (bicyclic) bond motifs is 1. The first kappa shape index (κ1) is 17.8. The molecule has 142 valence electrons. The van der Waals surface area contributed by atoms with E-state index in [0.717, 1.165) is 30.2 Å². The van der Waals surface area contributed by atoms with Crippen LogP contribution in [-0.2, 0) is 0 Å². The van der Waals surface area contributed by atoms with Crippen molar-refractivity contribution >= 4 is 29.1 Å². The molecule has 2 aliphatic rings. The standard InChI is InChI=1S/C20H17N3O5/c24-18(21-8-4-1-5-9-21)13-10-14(12-15(11-13)23(27)28)22-19(25)16-6-2-3-7-17(16)20(22)26/h2-3,6-7,10-12H,1,4-5,8-9H2. The van der Waals surface area contributed by atoms with Crippen molar-refractivity contribution in [3.05, 3.63) is 69.3 Å². The average Bonchev–Trinajstić information content (AvgIpc) is 2.98. The number of carbonyl (C=O) groups is 3. The van der Waals surface area contributed by atoms with Crippen molar-refractivity contribution in [2.24, 2.45) is 0 Å². The monoisotopic (exact) mass is 379 g/mol. The third-order valence-electron chi connectivity index (χ3n) is 5.06. The topological polar surface area (TPSA) is 101 Å². The number of nitro benzene ring substituents is 1. The van der Waals surface area contributed by atoms with Crippen LogP contribution in [0.2, 0.25) is 0 Å². The highest BCUT2D eigenvalue weighted by molar-refractivity contribution is 6.34. The Balaban J connectivity index is 1.76. The molecule has 3 amide bonds. The van der Waals surface area contributed by atoms with Gasteiger partial charge in [-0.3, -0.25) is 24.5 Å². The molecule has 2 aromatic rings. The van der Waals surface area contributed by atoms with Crippen LogP contribution in [0, 0.1) is 10.1 Å². The van der Waals surface area contributed by atoms with E-state index in [-0.39, 0.29) is 34.0 Å². The maximum Gasteiger partial charge on any atom is 0.272 e. The van der Waals surface area contributed by atoms with Gasteiger partial charge in [-0.05, 0) is 37.5 Å². The molecular weight excluding hydrogens is 362 g/mol. The van der Waals surface area contributed by atoms with Crippen molar-refractivity contribution in [1.29, 1.82) is 0 Å². The summed E-state index contributed by atoms with van der Waals surface area (Å²) in [6.07, 6.45) is 2.80. The van der Waals surface area contributed by atoms with E-state index in [1.165, 1.54) is 24.3 Å². The lowest BCUT2D eigenvalue weighted by molar-refractivity contribution is -0.384. The Kier molecular flexibility index (Phi) is 4.38. The van der Waals surface area contributed by atoms with Gasteiger partial charge >= 0.3 is 0 Å². The maximum atomic E-state index is 12.8. The first-order valence-corrected chi connectivity index (χ1v) is 9.04. The van der Waals surface area contributed by atoms with Crippen LogP contribution in [0.4, 0.5) is 11.4 Å². The third-order valence-corrected chi connectivity index (χ3v) is 5.06. The second-order valence-corrected chi connectivity index (χ2v) is 6.84. The number of piperidine rings is 1. The number of nitrogens with zero attached hydrogens (tertiary/aromatic N) is 3. The summed E-state index contributed by atoms with van der Waals surface area (Å²) in [5, 5.41) is 11.4. The predicted octanol–water partition coefficient (Wildman–Crippen LogP) is 3.02. The second-order valence-electron chi connectivity index (χ2n) is 6.84. The molecule has 8 heteroatoms. The summed E-state index contributed by atoms with van der Waals surface area (Å²) in [5.41, 5.74) is 0.267. The largest absolute Gasteiger partial charge is 0.339 e. The predicted molar refractivity (Wildman–Crippen MR) is 100 cm³/mol. The Morgan fingerprint density at radius 3 is 2.11 bits per heavy atom. The molecule has 0 saturated carbocycles. The molecule has 0 N–H and O–H groups in total. The van der Waals surface area contributed by atoms with Gasteiger partial charge in [0.15, 0.2) is 0 Å². The number of nitro groups is 1. The molecule has 0 aliphatic carbocycles. The number of hydrogen-bond acceptors (Lipinski definition) is 5. The van der Waals surface area contributed by atoms with Crippen LogP contribution in [0.25, 0.3) is 0 Å². The van der Waals surface area contributed by atoms with E-state index in [1.54, 1.807) is 17.0 Å². The first-order chi connectivity index (χ1) is 13.5. The van der Waals surface area contributed by atoms with Crippen LogP contribution >= 0.6 is 0 Å². The van der Waals surface area contributed by atoms with E-state index < -0.39 is 16.7 Å². The van der Waals surface area contributed by atoms with Crippen molar-refractivity contribution in [3.63, 3.8) is 0 Å². The number of imide groups is 1. The van der Waals surface area contributed by atoms with Gasteiger partial charge in [-0.15, -0.1) is 0 Å². The summed E-state index contributed by atoms with van der Waals surface area (Å²) in [6, 6.07) is 10.1. The molecular formula is C20H17N3O5. The highest BCUT2D eigenvalue weighted by atomic mass is 16.6. The number of benzene rings is 2. The van der Waals surface area contributed by atoms with Crippen LogP contribution in [0.5, 0.6) is 0 Å². The molecule has 2 heterocycles. The number of likely N-dealkylation sites (tertiary alicyclic amines) is 1. The number of carbonyl (C=O) groups excluding carboxylic acids is 3. The fourth-order valence-electron chi connectivity index (χ4n) is 3.66. The Morgan fingerprint density at radius 2 is 1.54 bits per heavy atom. The molecule has 4 rings (SSSR count). The summed E-state index contributed by atoms with van der Waals surface area (Å²) in [5.74, 6) is -1.45. The molecule has 2 aliphatic heterocycles. The van der Waals surface area contributed by atoms with Gasteiger partial charge in [0.1, 0.15) is 0 Å². The quantitative estimate of drug-likeness (QED) is 0.463. The third kappa shape index (κ3) is 2.92. The smallest absolute Gasteiger partial charge is 0.272 e. The van der Waals surface area contributed by atoms with Gasteiger partial charge in [-0.25, -0.2) is 4.90 Å². The lowest BCUT2D eigenvalue weighted by Crippen LogP contribution is -2.36. The zero-order valence-corrected chi connectivity index (χ0v) is 15.0. The number of rotatable bonds is 3. The van der Waals surface area contributed by atoms with Crippen molar-refractivity contribution in [2.45, 2.75) is 19.3 Å². The van der Waals surface area contributed by atoms with Gasteiger partial charge in [-0.1, -0.05) is 12.1 Å². The van der Waals surface area contributed by atoms with Gasteiger partial charge in [0, 0.05) is 30.8 Å². The van der Waals surface area contributed by atoms with Crippen molar-refractivity contribution in [2.75, 3.05) is 18.0 Å². The van der Waals surface area contributed by atoms with E-state index in [4.69, 9.17) is 0 Å². The normalized spacial score (nSPS) is 16.3. The molecule has 2 aromatic carbocycles. The number of non-ortho nitro benzene ring substituents is 1. The Hall–Kier alpha value is -3.55. The summed E-state index contributed by atoms with van der Waals surface area (Å²) in [7, 11) is 0. The fraction of sp³-hybridized carbons (Fsp3) is 0.250. The fourth-order valence-corrected chi connectivity index (χ4v) is 3.66. The number of hydrogen-bond donors (Lipinski definition) is 0. The zero-order valence-electron chi connectivity index (χ0n) is 15.0. The summed E-state index contributed by atoms with van der Waals surface area (Å²) < 4.78 is 0. The Labute approximate surface area is 160 Å². The van der Waals surface area contributed by atoms with E-state index in [9.17, 15) is 24.5 Å². The summed E-state index contributed by atoms with van der Waals surface area (Å²) in [4.78, 5) is 51.6. The molecule has 0 atom stereocenters. The van der Waals surface area contributed by atoms with E-state index >= 15 is 0 Å². The molecule has 1 saturated heterocycles. The summed E-state index contributed by atoms with van der Waals surface area (Å²) >= 11 is 0. The number of amides is 3. The van der Waals surface area contributed by atoms with Crippen LogP contribution in [0.1, 0.15) is 50.3 Å². The van der Waals surface area contributed by atoms with E-state index in [2.05, 4.69) is 0 Å². The average molecular weight is 379 g/mol. The van der Waals surface area contributed by atoms with E-state index in [0.29, 0.717) is 13.1 Å². The Morgan fingerprint density at radius 1 is 0.929 bits per heavy atom. The van der Waals surface area contributed by atoms with Crippen molar-refractivity contribution in [3.8, 4) is 0 Å². The lowest BCUT2D eigenvalue weighted by Gasteiger charge is -2.27. The van der Waals surface area contributed by atoms with Gasteiger partial charge in [0.25, 0.3) is 23.4 Å². The van der Waals surface area contributed by atoms with Crippen LogP contribution in [0.15, 0.2) is 42.5 Å². The minimum absolute atomic E-state index is 0.0285. The lowest BCUT2D eigenvalue weighted by atomic mass is 10.1. The van der Waals surface area contributed by atoms with Gasteiger partial charge < -0.3 is 4.90 Å². The van der Waals surface area contributed by atoms with Crippen LogP contribution in [-0.4, -0.2) is 40.6 Å². The van der Waals surface area contributed by atoms with Crippen molar-refractivity contribution in [1.82, 2.24) is 4.90 Å². The first-order valence-electron chi connectivity index (χ1n) is 9.04. The maximum absolute atomic E-state index is 12.8. The molecule has 0 bridgehead atoms. The molecule has 0 radical (unpaired) electrons. The SMILES string of the molecule is O=C(c1cc(N2C(=O)c3ccccc3C2=O)cc([N+](=O)[O-])c1)N1CCCCC1. The highest BCUT2D eigenvalue weighted by Gasteiger charge is 2.37. The van der Waals surface area contributed by atoms with Gasteiger partial charge in [-0.2, -0.15) is 0 Å². The molecule has 28 heavy (non-hydrogen) atoms.